The number of nitrogens with one attached hydrogen (secondary N) is 1. The summed E-state index contributed by atoms with van der Waals surface area (Å²) >= 11 is 0. The Morgan fingerprint density at radius 3 is 3.08 bits per heavy atom. The van der Waals surface area contributed by atoms with Gasteiger partial charge in [0.25, 0.3) is 0 Å². The normalized spacial score (nSPS) is 22.2. The van der Waals surface area contributed by atoms with Gasteiger partial charge >= 0.3 is 6.03 Å². The number of hydrogen-bond donors (Lipinski definition) is 2. The van der Waals surface area contributed by atoms with Crippen molar-refractivity contribution in [1.82, 2.24) is 10.2 Å². The van der Waals surface area contributed by atoms with Crippen molar-refractivity contribution in [2.75, 3.05) is 19.6 Å². The van der Waals surface area contributed by atoms with Crippen LogP contribution >= 0.6 is 0 Å². The van der Waals surface area contributed by atoms with E-state index in [1.807, 2.05) is 4.90 Å². The summed E-state index contributed by atoms with van der Waals surface area (Å²) in [6.07, 6.45) is 3.09. The zero-order chi connectivity index (χ0) is 9.68. The van der Waals surface area contributed by atoms with Crippen molar-refractivity contribution in [2.24, 2.45) is 5.73 Å². The fourth-order valence-corrected chi connectivity index (χ4v) is 1.65. The molecule has 1 unspecified atom stereocenters. The molecule has 4 heteroatoms. The van der Waals surface area contributed by atoms with Crippen LogP contribution in [0.5, 0.6) is 0 Å². The lowest BCUT2D eigenvalue weighted by molar-refractivity contribution is 0.217. The maximum Gasteiger partial charge on any atom is 0.317 e. The second kappa shape index (κ2) is 5.07. The van der Waals surface area contributed by atoms with Gasteiger partial charge < -0.3 is 16.0 Å². The van der Waals surface area contributed by atoms with E-state index in [0.717, 1.165) is 32.4 Å². The van der Waals surface area contributed by atoms with Crippen molar-refractivity contribution in [3.63, 3.8) is 0 Å². The van der Waals surface area contributed by atoms with Crippen molar-refractivity contribution in [2.45, 2.75) is 32.2 Å². The van der Waals surface area contributed by atoms with Crippen LogP contribution in [0.2, 0.25) is 0 Å². The molecule has 76 valence electrons. The van der Waals surface area contributed by atoms with E-state index in [9.17, 15) is 4.79 Å². The maximum atomic E-state index is 11.3. The first-order chi connectivity index (χ1) is 6.27. The Kier molecular flexibility index (Phi) is 4.02. The van der Waals surface area contributed by atoms with Crippen molar-refractivity contribution in [3.05, 3.63) is 0 Å². The average molecular weight is 185 g/mol. The van der Waals surface area contributed by atoms with Crippen LogP contribution in [0.4, 0.5) is 4.79 Å². The summed E-state index contributed by atoms with van der Waals surface area (Å²) in [5, 5.41) is 2.96. The molecule has 3 N–H and O–H groups in total. The molecule has 0 aromatic rings. The Morgan fingerprint density at radius 1 is 1.69 bits per heavy atom. The number of amides is 2. The highest BCUT2D eigenvalue weighted by Crippen LogP contribution is 2.08. The summed E-state index contributed by atoms with van der Waals surface area (Å²) in [6.45, 7) is 4.44. The zero-order valence-electron chi connectivity index (χ0n) is 8.25. The third-order valence-corrected chi connectivity index (χ3v) is 2.32. The highest BCUT2D eigenvalue weighted by molar-refractivity contribution is 5.76. The summed E-state index contributed by atoms with van der Waals surface area (Å²) in [5.74, 6) is 0. The fraction of sp³-hybridized carbons (Fsp3) is 0.889. The lowest BCUT2D eigenvalue weighted by atomic mass is 10.2. The number of carbonyl (C=O) groups is 1. The van der Waals surface area contributed by atoms with Crippen LogP contribution in [0.1, 0.15) is 26.2 Å². The molecule has 0 bridgehead atoms. The highest BCUT2D eigenvalue weighted by Gasteiger charge is 2.26. The SMILES string of the molecule is CCCC1CN(CCCN)C(=O)N1. The van der Waals surface area contributed by atoms with Gasteiger partial charge in [0, 0.05) is 19.1 Å². The molecule has 2 amide bonds. The number of urea groups is 1. The second-order valence-electron chi connectivity index (χ2n) is 3.52. The first-order valence-corrected chi connectivity index (χ1v) is 5.03. The van der Waals surface area contributed by atoms with Gasteiger partial charge in [0.05, 0.1) is 0 Å². The molecule has 0 saturated carbocycles. The van der Waals surface area contributed by atoms with Gasteiger partial charge in [-0.05, 0) is 19.4 Å². The van der Waals surface area contributed by atoms with Crippen LogP contribution < -0.4 is 11.1 Å². The van der Waals surface area contributed by atoms with Gasteiger partial charge in [-0.3, -0.25) is 0 Å². The van der Waals surface area contributed by atoms with E-state index >= 15 is 0 Å². The molecule has 0 radical (unpaired) electrons. The molecule has 1 saturated heterocycles. The zero-order valence-corrected chi connectivity index (χ0v) is 8.25. The van der Waals surface area contributed by atoms with Gasteiger partial charge in [0.2, 0.25) is 0 Å². The Bertz CT molecular complexity index is 172. The van der Waals surface area contributed by atoms with Crippen LogP contribution in [-0.4, -0.2) is 36.6 Å². The smallest absolute Gasteiger partial charge is 0.317 e. The molecule has 1 atom stereocenters. The van der Waals surface area contributed by atoms with E-state index in [2.05, 4.69) is 12.2 Å². The summed E-state index contributed by atoms with van der Waals surface area (Å²) in [4.78, 5) is 13.2. The number of rotatable bonds is 5. The van der Waals surface area contributed by atoms with Gasteiger partial charge in [-0.15, -0.1) is 0 Å². The second-order valence-corrected chi connectivity index (χ2v) is 3.52. The van der Waals surface area contributed by atoms with Crippen LogP contribution in [-0.2, 0) is 0 Å². The summed E-state index contributed by atoms with van der Waals surface area (Å²) in [7, 11) is 0. The molecule has 0 aromatic heterocycles. The lowest BCUT2D eigenvalue weighted by Gasteiger charge is -2.13. The van der Waals surface area contributed by atoms with Gasteiger partial charge in [-0.2, -0.15) is 0 Å². The molecule has 1 heterocycles. The van der Waals surface area contributed by atoms with E-state index in [1.54, 1.807) is 0 Å². The van der Waals surface area contributed by atoms with E-state index in [-0.39, 0.29) is 6.03 Å². The topological polar surface area (TPSA) is 58.4 Å². The molecule has 1 aliphatic rings. The first-order valence-electron chi connectivity index (χ1n) is 5.03. The Balaban J connectivity index is 2.28. The molecule has 13 heavy (non-hydrogen) atoms. The monoisotopic (exact) mass is 185 g/mol. The summed E-state index contributed by atoms with van der Waals surface area (Å²) in [6, 6.07) is 0.433. The standard InChI is InChI=1S/C9H19N3O/c1-2-4-8-7-12(6-3-5-10)9(13)11-8/h8H,2-7,10H2,1H3,(H,11,13). The van der Waals surface area contributed by atoms with E-state index in [1.165, 1.54) is 0 Å². The number of hydrogen-bond acceptors (Lipinski definition) is 2. The molecule has 0 spiro atoms. The minimum atomic E-state index is 0.0758. The minimum Gasteiger partial charge on any atom is -0.333 e. The van der Waals surface area contributed by atoms with Crippen LogP contribution in [0.15, 0.2) is 0 Å². The predicted octanol–water partition coefficient (Wildman–Crippen LogP) is 0.529. The van der Waals surface area contributed by atoms with Crippen molar-refractivity contribution in [1.29, 1.82) is 0 Å². The Labute approximate surface area is 79.5 Å². The number of nitrogens with zero attached hydrogens (tertiary/aromatic N) is 1. The molecule has 4 nitrogen and oxygen atoms in total. The van der Waals surface area contributed by atoms with E-state index in [0.29, 0.717) is 12.6 Å². The molecular weight excluding hydrogens is 166 g/mol. The molecule has 1 rings (SSSR count). The third kappa shape index (κ3) is 2.88. The molecule has 0 aliphatic carbocycles. The van der Waals surface area contributed by atoms with Gasteiger partial charge in [-0.1, -0.05) is 13.3 Å². The van der Waals surface area contributed by atoms with Gasteiger partial charge in [-0.25, -0.2) is 4.79 Å². The molecule has 0 aromatic carbocycles. The van der Waals surface area contributed by atoms with Crippen molar-refractivity contribution < 1.29 is 4.79 Å². The van der Waals surface area contributed by atoms with Crippen LogP contribution in [0.25, 0.3) is 0 Å². The van der Waals surface area contributed by atoms with Crippen LogP contribution in [0.3, 0.4) is 0 Å². The lowest BCUT2D eigenvalue weighted by Crippen LogP contribution is -2.30. The summed E-state index contributed by atoms with van der Waals surface area (Å²) < 4.78 is 0. The van der Waals surface area contributed by atoms with Crippen LogP contribution in [0, 0.1) is 0 Å². The molecular formula is C9H19N3O. The van der Waals surface area contributed by atoms with Gasteiger partial charge in [0.1, 0.15) is 0 Å². The largest absolute Gasteiger partial charge is 0.333 e. The average Bonchev–Trinajstić information content (AvgIpc) is 2.44. The van der Waals surface area contributed by atoms with E-state index in [4.69, 9.17) is 5.73 Å². The summed E-state index contributed by atoms with van der Waals surface area (Å²) in [5.41, 5.74) is 5.39. The Morgan fingerprint density at radius 2 is 2.46 bits per heavy atom. The first kappa shape index (κ1) is 10.3. The third-order valence-electron chi connectivity index (χ3n) is 2.32. The fourth-order valence-electron chi connectivity index (χ4n) is 1.65. The minimum absolute atomic E-state index is 0.0758. The maximum absolute atomic E-state index is 11.3. The quantitative estimate of drug-likeness (QED) is 0.656. The number of carbonyl (C=O) groups excluding carboxylic acids is 1. The Hall–Kier alpha value is -0.770. The highest BCUT2D eigenvalue weighted by atomic mass is 16.2. The van der Waals surface area contributed by atoms with Crippen molar-refractivity contribution in [3.8, 4) is 0 Å². The van der Waals surface area contributed by atoms with E-state index < -0.39 is 0 Å². The van der Waals surface area contributed by atoms with Gasteiger partial charge in [0.15, 0.2) is 0 Å². The number of nitrogens with two attached hydrogens (primary N) is 1. The molecule has 1 aliphatic heterocycles. The van der Waals surface area contributed by atoms with Crippen molar-refractivity contribution >= 4 is 6.03 Å². The predicted molar refractivity (Wildman–Crippen MR) is 52.5 cm³/mol. The molecule has 1 fully saturated rings.